The maximum Gasteiger partial charge on any atom is 0.159 e. The summed E-state index contributed by atoms with van der Waals surface area (Å²) in [7, 11) is 0. The van der Waals surface area contributed by atoms with Gasteiger partial charge >= 0.3 is 0 Å². The molecule has 1 fully saturated rings. The molecule has 0 saturated carbocycles. The average molecular weight is 211 g/mol. The van der Waals surface area contributed by atoms with Crippen molar-refractivity contribution >= 4 is 0 Å². The third kappa shape index (κ3) is 2.17. The topological polar surface area (TPSA) is 12.0 Å². The van der Waals surface area contributed by atoms with Crippen molar-refractivity contribution in [3.05, 3.63) is 35.4 Å². The number of halogens is 2. The van der Waals surface area contributed by atoms with Crippen LogP contribution in [0.25, 0.3) is 0 Å². The predicted molar refractivity (Wildman–Crippen MR) is 55.7 cm³/mol. The lowest BCUT2D eigenvalue weighted by atomic mass is 9.82. The Morgan fingerprint density at radius 2 is 2.07 bits per heavy atom. The van der Waals surface area contributed by atoms with Crippen LogP contribution in [0.5, 0.6) is 0 Å². The van der Waals surface area contributed by atoms with Gasteiger partial charge in [0.05, 0.1) is 0 Å². The van der Waals surface area contributed by atoms with Gasteiger partial charge in [-0.25, -0.2) is 8.78 Å². The van der Waals surface area contributed by atoms with Gasteiger partial charge in [0.1, 0.15) is 0 Å². The van der Waals surface area contributed by atoms with Crippen LogP contribution in [0.1, 0.15) is 24.8 Å². The SMILES string of the molecule is C[C@H]1CNCC[C@@H]1c1ccc(F)c(F)c1. The normalized spacial score (nSPS) is 26.6. The summed E-state index contributed by atoms with van der Waals surface area (Å²) in [4.78, 5) is 0. The van der Waals surface area contributed by atoms with Crippen molar-refractivity contribution in [1.29, 1.82) is 0 Å². The van der Waals surface area contributed by atoms with E-state index in [-0.39, 0.29) is 0 Å². The lowest BCUT2D eigenvalue weighted by Crippen LogP contribution is -2.33. The van der Waals surface area contributed by atoms with Crippen LogP contribution in [-0.4, -0.2) is 13.1 Å². The third-order valence-corrected chi connectivity index (χ3v) is 3.16. The van der Waals surface area contributed by atoms with Gasteiger partial charge in [0.2, 0.25) is 0 Å². The molecule has 0 aromatic heterocycles. The van der Waals surface area contributed by atoms with Crippen molar-refractivity contribution < 1.29 is 8.78 Å². The molecular weight excluding hydrogens is 196 g/mol. The molecule has 15 heavy (non-hydrogen) atoms. The minimum atomic E-state index is -0.764. The maximum atomic E-state index is 13.1. The van der Waals surface area contributed by atoms with Crippen LogP contribution in [0.15, 0.2) is 18.2 Å². The van der Waals surface area contributed by atoms with E-state index in [2.05, 4.69) is 12.2 Å². The summed E-state index contributed by atoms with van der Waals surface area (Å²) in [5, 5.41) is 3.29. The number of benzene rings is 1. The van der Waals surface area contributed by atoms with Crippen molar-refractivity contribution in [3.8, 4) is 0 Å². The van der Waals surface area contributed by atoms with E-state index in [0.717, 1.165) is 25.1 Å². The fourth-order valence-corrected chi connectivity index (χ4v) is 2.25. The van der Waals surface area contributed by atoms with Crippen molar-refractivity contribution in [2.75, 3.05) is 13.1 Å². The first-order valence-electron chi connectivity index (χ1n) is 5.34. The highest BCUT2D eigenvalue weighted by Gasteiger charge is 2.23. The molecule has 3 heteroatoms. The molecule has 1 aromatic rings. The highest BCUT2D eigenvalue weighted by Crippen LogP contribution is 2.30. The number of piperidine rings is 1. The predicted octanol–water partition coefficient (Wildman–Crippen LogP) is 2.68. The molecule has 82 valence electrons. The van der Waals surface area contributed by atoms with E-state index >= 15 is 0 Å². The van der Waals surface area contributed by atoms with Crippen LogP contribution in [0, 0.1) is 17.6 Å². The van der Waals surface area contributed by atoms with Gasteiger partial charge in [0, 0.05) is 0 Å². The van der Waals surface area contributed by atoms with E-state index in [9.17, 15) is 8.78 Å². The monoisotopic (exact) mass is 211 g/mol. The molecule has 0 spiro atoms. The van der Waals surface area contributed by atoms with Gasteiger partial charge in [-0.05, 0) is 49.0 Å². The van der Waals surface area contributed by atoms with Crippen LogP contribution < -0.4 is 5.32 Å². The molecule has 0 aliphatic carbocycles. The van der Waals surface area contributed by atoms with Crippen LogP contribution in [0.3, 0.4) is 0 Å². The van der Waals surface area contributed by atoms with Crippen LogP contribution in [0.2, 0.25) is 0 Å². The molecular formula is C12H15F2N. The van der Waals surface area contributed by atoms with Crippen LogP contribution in [0.4, 0.5) is 8.78 Å². The summed E-state index contributed by atoms with van der Waals surface area (Å²) in [5.74, 6) is -0.677. The fraction of sp³-hybridized carbons (Fsp3) is 0.500. The minimum Gasteiger partial charge on any atom is -0.316 e. The van der Waals surface area contributed by atoms with Crippen LogP contribution in [-0.2, 0) is 0 Å². The summed E-state index contributed by atoms with van der Waals surface area (Å²) in [6, 6.07) is 4.26. The molecule has 1 nitrogen and oxygen atoms in total. The Bertz CT molecular complexity index is 351. The summed E-state index contributed by atoms with van der Waals surface area (Å²) in [6.45, 7) is 4.04. The molecule has 1 aliphatic rings. The summed E-state index contributed by atoms with van der Waals surface area (Å²) in [5.41, 5.74) is 0.919. The van der Waals surface area contributed by atoms with Crippen molar-refractivity contribution in [2.24, 2.45) is 5.92 Å². The maximum absolute atomic E-state index is 13.1. The zero-order chi connectivity index (χ0) is 10.8. The van der Waals surface area contributed by atoms with E-state index in [0.29, 0.717) is 11.8 Å². The Kier molecular flexibility index (Phi) is 3.00. The Morgan fingerprint density at radius 1 is 1.27 bits per heavy atom. The summed E-state index contributed by atoms with van der Waals surface area (Å²) in [6.07, 6.45) is 0.992. The van der Waals surface area contributed by atoms with Gasteiger partial charge in [-0.3, -0.25) is 0 Å². The highest BCUT2D eigenvalue weighted by atomic mass is 19.2. The van der Waals surface area contributed by atoms with Gasteiger partial charge in [-0.15, -0.1) is 0 Å². The lowest BCUT2D eigenvalue weighted by Gasteiger charge is -2.29. The summed E-state index contributed by atoms with van der Waals surface area (Å²) >= 11 is 0. The second-order valence-corrected chi connectivity index (χ2v) is 4.25. The molecule has 1 aliphatic heterocycles. The summed E-state index contributed by atoms with van der Waals surface area (Å²) < 4.78 is 25.8. The Balaban J connectivity index is 2.24. The molecule has 0 radical (unpaired) electrons. The molecule has 0 bridgehead atoms. The van der Waals surface area contributed by atoms with E-state index in [1.807, 2.05) is 0 Å². The van der Waals surface area contributed by atoms with Crippen molar-refractivity contribution in [2.45, 2.75) is 19.3 Å². The fourth-order valence-electron chi connectivity index (χ4n) is 2.25. The molecule has 0 amide bonds. The van der Waals surface area contributed by atoms with Gasteiger partial charge in [0.15, 0.2) is 11.6 Å². The Labute approximate surface area is 88.5 Å². The standard InChI is InChI=1S/C12H15F2N/c1-8-7-15-5-4-10(8)9-2-3-11(13)12(14)6-9/h2-3,6,8,10,15H,4-5,7H2,1H3/t8-,10-/m0/s1. The molecule has 1 heterocycles. The van der Waals surface area contributed by atoms with E-state index in [1.165, 1.54) is 12.1 Å². The first-order chi connectivity index (χ1) is 7.18. The van der Waals surface area contributed by atoms with E-state index in [4.69, 9.17) is 0 Å². The van der Waals surface area contributed by atoms with E-state index in [1.54, 1.807) is 6.07 Å². The molecule has 1 aromatic carbocycles. The molecule has 2 rings (SSSR count). The van der Waals surface area contributed by atoms with Crippen molar-refractivity contribution in [1.82, 2.24) is 5.32 Å². The quantitative estimate of drug-likeness (QED) is 0.753. The van der Waals surface area contributed by atoms with Gasteiger partial charge in [-0.2, -0.15) is 0 Å². The first-order valence-corrected chi connectivity index (χ1v) is 5.34. The average Bonchev–Trinajstić information content (AvgIpc) is 2.23. The second kappa shape index (κ2) is 4.27. The Morgan fingerprint density at radius 3 is 2.73 bits per heavy atom. The Hall–Kier alpha value is -0.960. The highest BCUT2D eigenvalue weighted by molar-refractivity contribution is 5.23. The number of hydrogen-bond donors (Lipinski definition) is 1. The largest absolute Gasteiger partial charge is 0.316 e. The number of rotatable bonds is 1. The number of hydrogen-bond acceptors (Lipinski definition) is 1. The lowest BCUT2D eigenvalue weighted by molar-refractivity contribution is 0.348. The molecule has 2 atom stereocenters. The van der Waals surface area contributed by atoms with Gasteiger partial charge < -0.3 is 5.32 Å². The smallest absolute Gasteiger partial charge is 0.159 e. The van der Waals surface area contributed by atoms with E-state index < -0.39 is 11.6 Å². The zero-order valence-electron chi connectivity index (χ0n) is 8.76. The molecule has 0 unspecified atom stereocenters. The van der Waals surface area contributed by atoms with Gasteiger partial charge in [0.25, 0.3) is 0 Å². The van der Waals surface area contributed by atoms with Gasteiger partial charge in [-0.1, -0.05) is 13.0 Å². The zero-order valence-corrected chi connectivity index (χ0v) is 8.76. The number of nitrogens with one attached hydrogen (secondary N) is 1. The third-order valence-electron chi connectivity index (χ3n) is 3.16. The molecule has 1 N–H and O–H groups in total. The molecule has 1 saturated heterocycles. The first kappa shape index (κ1) is 10.6. The minimum absolute atomic E-state index is 0.348. The second-order valence-electron chi connectivity index (χ2n) is 4.25. The van der Waals surface area contributed by atoms with Crippen molar-refractivity contribution in [3.63, 3.8) is 0 Å². The van der Waals surface area contributed by atoms with Crippen LogP contribution >= 0.6 is 0 Å².